The lowest BCUT2D eigenvalue weighted by Crippen LogP contribution is -2.49. The number of hydrogen-bond acceptors (Lipinski definition) is 3. The summed E-state index contributed by atoms with van der Waals surface area (Å²) < 4.78 is 0. The van der Waals surface area contributed by atoms with E-state index in [9.17, 15) is 4.79 Å². The van der Waals surface area contributed by atoms with Crippen molar-refractivity contribution in [1.29, 1.82) is 0 Å². The summed E-state index contributed by atoms with van der Waals surface area (Å²) >= 11 is 1.69. The monoisotopic (exact) mass is 265 g/mol. The van der Waals surface area contributed by atoms with Crippen LogP contribution in [0.4, 0.5) is 0 Å². The minimum Gasteiger partial charge on any atom is -0.292 e. The highest BCUT2D eigenvalue weighted by Gasteiger charge is 2.33. The lowest BCUT2D eigenvalue weighted by molar-refractivity contribution is 0.0668. The van der Waals surface area contributed by atoms with Crippen LogP contribution in [0.3, 0.4) is 0 Å². The number of thioether (sulfide) groups is 1. The largest absolute Gasteiger partial charge is 0.292 e. The second-order valence-electron chi connectivity index (χ2n) is 4.79. The Morgan fingerprint density at radius 2 is 1.67 bits per heavy atom. The number of carbonyl (C=O) groups is 1. The van der Waals surface area contributed by atoms with Gasteiger partial charge < -0.3 is 0 Å². The lowest BCUT2D eigenvalue weighted by Gasteiger charge is -2.35. The Kier molecular flexibility index (Phi) is 5.42. The summed E-state index contributed by atoms with van der Waals surface area (Å²) in [5.41, 5.74) is 0.356. The molecule has 0 N–H and O–H groups in total. The highest BCUT2D eigenvalue weighted by molar-refractivity contribution is 7.98. The Hall–Kier alpha value is -0.800. The predicted octanol–water partition coefficient (Wildman–Crippen LogP) is 3.71. The predicted molar refractivity (Wildman–Crippen MR) is 79.6 cm³/mol. The molecule has 0 aliphatic rings. The van der Waals surface area contributed by atoms with Crippen LogP contribution < -0.4 is 0 Å². The lowest BCUT2D eigenvalue weighted by atomic mass is 9.91. The second kappa shape index (κ2) is 6.39. The summed E-state index contributed by atoms with van der Waals surface area (Å²) in [5, 5.41) is 0. The third-order valence-corrected chi connectivity index (χ3v) is 4.21. The summed E-state index contributed by atoms with van der Waals surface area (Å²) in [6, 6.07) is 7.88. The van der Waals surface area contributed by atoms with Gasteiger partial charge in [-0.2, -0.15) is 0 Å². The molecule has 0 aromatic heterocycles. The van der Waals surface area contributed by atoms with E-state index in [1.807, 2.05) is 44.4 Å². The summed E-state index contributed by atoms with van der Waals surface area (Å²) in [4.78, 5) is 16.0. The number of carbonyl (C=O) groups excluding carboxylic acids is 1. The Balaban J connectivity index is 2.97. The average molecular weight is 265 g/mol. The SMILES string of the molecule is CCN(CC)C(C)(C)C(=O)c1ccc(SC)cc1. The minimum atomic E-state index is -0.440. The fourth-order valence-corrected chi connectivity index (χ4v) is 2.66. The van der Waals surface area contributed by atoms with Crippen molar-refractivity contribution in [3.8, 4) is 0 Å². The summed E-state index contributed by atoms with van der Waals surface area (Å²) in [6.45, 7) is 9.97. The minimum absolute atomic E-state index is 0.193. The molecule has 0 spiro atoms. The van der Waals surface area contributed by atoms with Gasteiger partial charge in [-0.15, -0.1) is 11.8 Å². The molecule has 0 saturated heterocycles. The van der Waals surface area contributed by atoms with Crippen LogP contribution in [0.2, 0.25) is 0 Å². The molecule has 2 nitrogen and oxygen atoms in total. The molecular weight excluding hydrogens is 242 g/mol. The molecule has 0 heterocycles. The zero-order valence-electron chi connectivity index (χ0n) is 12.0. The van der Waals surface area contributed by atoms with Crippen molar-refractivity contribution in [3.63, 3.8) is 0 Å². The van der Waals surface area contributed by atoms with Crippen LogP contribution in [0, 0.1) is 0 Å². The summed E-state index contributed by atoms with van der Waals surface area (Å²) in [7, 11) is 0. The molecule has 18 heavy (non-hydrogen) atoms. The van der Waals surface area contributed by atoms with E-state index in [0.717, 1.165) is 18.7 Å². The van der Waals surface area contributed by atoms with E-state index in [1.54, 1.807) is 11.8 Å². The topological polar surface area (TPSA) is 20.3 Å². The zero-order chi connectivity index (χ0) is 13.8. The van der Waals surface area contributed by atoms with Gasteiger partial charge in [-0.3, -0.25) is 9.69 Å². The molecule has 3 heteroatoms. The number of Topliss-reactive ketones (excluding diaryl/α,β-unsaturated/α-hetero) is 1. The van der Waals surface area contributed by atoms with Crippen LogP contribution in [-0.4, -0.2) is 35.6 Å². The van der Waals surface area contributed by atoms with Gasteiger partial charge in [-0.25, -0.2) is 0 Å². The smallest absolute Gasteiger partial charge is 0.182 e. The van der Waals surface area contributed by atoms with Crippen LogP contribution in [0.15, 0.2) is 29.2 Å². The quantitative estimate of drug-likeness (QED) is 0.577. The maximum atomic E-state index is 12.6. The van der Waals surface area contributed by atoms with Gasteiger partial charge in [0.25, 0.3) is 0 Å². The highest BCUT2D eigenvalue weighted by Crippen LogP contribution is 2.22. The maximum absolute atomic E-state index is 12.6. The fraction of sp³-hybridized carbons (Fsp3) is 0.533. The molecule has 100 valence electrons. The third kappa shape index (κ3) is 3.15. The molecule has 0 atom stereocenters. The van der Waals surface area contributed by atoms with E-state index >= 15 is 0 Å². The van der Waals surface area contributed by atoms with Crippen molar-refractivity contribution in [2.45, 2.75) is 38.1 Å². The number of nitrogens with zero attached hydrogens (tertiary/aromatic N) is 1. The second-order valence-corrected chi connectivity index (χ2v) is 5.67. The van der Waals surface area contributed by atoms with Crippen LogP contribution in [0.25, 0.3) is 0 Å². The van der Waals surface area contributed by atoms with Gasteiger partial charge in [0.2, 0.25) is 0 Å². The Morgan fingerprint density at radius 1 is 1.17 bits per heavy atom. The summed E-state index contributed by atoms with van der Waals surface area (Å²) in [5.74, 6) is 0.193. The molecular formula is C15H23NOS. The standard InChI is InChI=1S/C15H23NOS/c1-6-16(7-2)15(3,4)14(17)12-8-10-13(18-5)11-9-12/h8-11H,6-7H2,1-5H3. The first-order valence-electron chi connectivity index (χ1n) is 6.41. The third-order valence-electron chi connectivity index (χ3n) is 3.46. The normalized spacial score (nSPS) is 11.9. The van der Waals surface area contributed by atoms with E-state index in [1.165, 1.54) is 4.90 Å². The maximum Gasteiger partial charge on any atom is 0.182 e. The summed E-state index contributed by atoms with van der Waals surface area (Å²) in [6.07, 6.45) is 2.04. The Labute approximate surface area is 115 Å². The van der Waals surface area contributed by atoms with E-state index in [2.05, 4.69) is 18.7 Å². The van der Waals surface area contributed by atoms with Crippen LogP contribution in [0.5, 0.6) is 0 Å². The Morgan fingerprint density at radius 3 is 2.06 bits per heavy atom. The van der Waals surface area contributed by atoms with Gasteiger partial charge in [0.1, 0.15) is 0 Å². The van der Waals surface area contributed by atoms with E-state index in [0.29, 0.717) is 0 Å². The Bertz CT molecular complexity index is 393. The first-order valence-corrected chi connectivity index (χ1v) is 7.63. The van der Waals surface area contributed by atoms with Gasteiger partial charge in [0.05, 0.1) is 5.54 Å². The zero-order valence-corrected chi connectivity index (χ0v) is 12.8. The molecule has 0 aliphatic carbocycles. The molecule has 0 fully saturated rings. The molecule has 0 amide bonds. The van der Waals surface area contributed by atoms with Gasteiger partial charge in [0, 0.05) is 10.5 Å². The van der Waals surface area contributed by atoms with E-state index < -0.39 is 5.54 Å². The van der Waals surface area contributed by atoms with Gasteiger partial charge in [-0.05, 0) is 45.3 Å². The first kappa shape index (κ1) is 15.3. The number of ketones is 1. The molecule has 0 saturated carbocycles. The fourth-order valence-electron chi connectivity index (χ4n) is 2.25. The van der Waals surface area contributed by atoms with Crippen molar-refractivity contribution >= 4 is 17.5 Å². The van der Waals surface area contributed by atoms with Crippen molar-refractivity contribution in [1.82, 2.24) is 4.90 Å². The number of benzene rings is 1. The molecule has 0 bridgehead atoms. The molecule has 1 aromatic carbocycles. The van der Waals surface area contributed by atoms with Crippen LogP contribution >= 0.6 is 11.8 Å². The molecule has 1 aromatic rings. The van der Waals surface area contributed by atoms with E-state index in [-0.39, 0.29) is 5.78 Å². The average Bonchev–Trinajstić information content (AvgIpc) is 2.39. The van der Waals surface area contributed by atoms with Crippen LogP contribution in [-0.2, 0) is 0 Å². The van der Waals surface area contributed by atoms with Crippen LogP contribution in [0.1, 0.15) is 38.1 Å². The molecule has 0 aliphatic heterocycles. The van der Waals surface area contributed by atoms with E-state index in [4.69, 9.17) is 0 Å². The first-order chi connectivity index (χ1) is 8.47. The molecule has 1 rings (SSSR count). The molecule has 0 radical (unpaired) electrons. The van der Waals surface area contributed by atoms with Gasteiger partial charge in [0.15, 0.2) is 5.78 Å². The van der Waals surface area contributed by atoms with Gasteiger partial charge in [-0.1, -0.05) is 26.0 Å². The van der Waals surface area contributed by atoms with Crippen molar-refractivity contribution in [3.05, 3.63) is 29.8 Å². The number of rotatable bonds is 6. The number of likely N-dealkylation sites (N-methyl/N-ethyl adjacent to an activating group) is 1. The van der Waals surface area contributed by atoms with Crippen molar-refractivity contribution in [2.75, 3.05) is 19.3 Å². The molecule has 0 unspecified atom stereocenters. The number of hydrogen-bond donors (Lipinski definition) is 0. The van der Waals surface area contributed by atoms with Gasteiger partial charge >= 0.3 is 0 Å². The van der Waals surface area contributed by atoms with Crippen molar-refractivity contribution in [2.24, 2.45) is 0 Å². The van der Waals surface area contributed by atoms with Crippen molar-refractivity contribution < 1.29 is 4.79 Å². The highest BCUT2D eigenvalue weighted by atomic mass is 32.2.